The molecule has 0 spiro atoms. The monoisotopic (exact) mass is 241 g/mol. The van der Waals surface area contributed by atoms with Crippen molar-refractivity contribution in [3.63, 3.8) is 0 Å². The van der Waals surface area contributed by atoms with Gasteiger partial charge >= 0.3 is 5.76 Å². The van der Waals surface area contributed by atoms with Gasteiger partial charge < -0.3 is 4.42 Å². The molecule has 0 aliphatic heterocycles. The summed E-state index contributed by atoms with van der Waals surface area (Å²) < 4.78 is 4.93. The molecule has 1 heterocycles. The summed E-state index contributed by atoms with van der Waals surface area (Å²) in [5, 5.41) is 0.874. The molecule has 2 rings (SSSR count). The molecule has 0 unspecified atom stereocenters. The van der Waals surface area contributed by atoms with Gasteiger partial charge in [-0.05, 0) is 18.1 Å². The first kappa shape index (κ1) is 8.56. The predicted molar refractivity (Wildman–Crippen MR) is 54.3 cm³/mol. The van der Waals surface area contributed by atoms with Crippen LogP contribution in [0, 0.1) is 0 Å². The van der Waals surface area contributed by atoms with E-state index in [0.717, 1.165) is 22.8 Å². The van der Waals surface area contributed by atoms with E-state index in [9.17, 15) is 4.79 Å². The number of nitrogens with one attached hydrogen (secondary N) is 1. The maximum absolute atomic E-state index is 10.9. The summed E-state index contributed by atoms with van der Waals surface area (Å²) >= 11 is 3.36. The fourth-order valence-electron chi connectivity index (χ4n) is 1.34. The molecule has 1 aromatic heterocycles. The molecule has 0 amide bonds. The van der Waals surface area contributed by atoms with Gasteiger partial charge in [-0.2, -0.15) is 0 Å². The Morgan fingerprint density at radius 1 is 1.46 bits per heavy atom. The molecule has 68 valence electrons. The number of oxazole rings is 1. The summed E-state index contributed by atoms with van der Waals surface area (Å²) in [6.07, 6.45) is 0.882. The lowest BCUT2D eigenvalue weighted by atomic mass is 10.1. The number of aromatic amines is 1. The Labute approximate surface area is 82.9 Å². The third-order valence-corrected chi connectivity index (χ3v) is 2.30. The van der Waals surface area contributed by atoms with Gasteiger partial charge in [0.2, 0.25) is 0 Å². The highest BCUT2D eigenvalue weighted by Crippen LogP contribution is 2.15. The summed E-state index contributed by atoms with van der Waals surface area (Å²) in [5.41, 5.74) is 2.54. The zero-order valence-electron chi connectivity index (χ0n) is 6.84. The molecular formula is C9H8BrNO2. The smallest absolute Gasteiger partial charge is 0.408 e. The molecule has 4 heteroatoms. The van der Waals surface area contributed by atoms with E-state index in [4.69, 9.17) is 4.42 Å². The lowest BCUT2D eigenvalue weighted by Crippen LogP contribution is -1.94. The van der Waals surface area contributed by atoms with Crippen molar-refractivity contribution < 1.29 is 4.42 Å². The molecule has 0 aliphatic carbocycles. The van der Waals surface area contributed by atoms with Crippen molar-refractivity contribution in [2.24, 2.45) is 0 Å². The van der Waals surface area contributed by atoms with Crippen LogP contribution in [0.1, 0.15) is 5.56 Å². The maximum Gasteiger partial charge on any atom is 0.417 e. The van der Waals surface area contributed by atoms with Gasteiger partial charge in [0.1, 0.15) is 0 Å². The molecule has 1 N–H and O–H groups in total. The van der Waals surface area contributed by atoms with Crippen molar-refractivity contribution in [1.82, 2.24) is 4.98 Å². The van der Waals surface area contributed by atoms with Crippen LogP contribution >= 0.6 is 15.9 Å². The molecule has 0 aliphatic rings. The Bertz CT molecular complexity index is 472. The van der Waals surface area contributed by atoms with Gasteiger partial charge in [-0.3, -0.25) is 4.98 Å². The van der Waals surface area contributed by atoms with Crippen molar-refractivity contribution in [2.75, 3.05) is 5.33 Å². The summed E-state index contributed by atoms with van der Waals surface area (Å²) in [6.45, 7) is 0. The molecule has 0 bridgehead atoms. The first-order valence-electron chi connectivity index (χ1n) is 3.98. The van der Waals surface area contributed by atoms with E-state index in [1.807, 2.05) is 12.1 Å². The third-order valence-electron chi connectivity index (χ3n) is 1.91. The number of aromatic nitrogens is 1. The van der Waals surface area contributed by atoms with Crippen LogP contribution in [-0.2, 0) is 6.42 Å². The molecule has 13 heavy (non-hydrogen) atoms. The van der Waals surface area contributed by atoms with Crippen LogP contribution in [0.25, 0.3) is 11.1 Å². The van der Waals surface area contributed by atoms with Gasteiger partial charge in [0.25, 0.3) is 0 Å². The van der Waals surface area contributed by atoms with Gasteiger partial charge in [-0.1, -0.05) is 28.1 Å². The molecule has 0 fully saturated rings. The average Bonchev–Trinajstić information content (AvgIpc) is 2.47. The lowest BCUT2D eigenvalue weighted by molar-refractivity contribution is 0.555. The van der Waals surface area contributed by atoms with Crippen molar-refractivity contribution in [1.29, 1.82) is 0 Å². The average molecular weight is 242 g/mol. The van der Waals surface area contributed by atoms with E-state index in [-0.39, 0.29) is 0 Å². The molecule has 0 atom stereocenters. The predicted octanol–water partition coefficient (Wildman–Crippen LogP) is 2.06. The summed E-state index contributed by atoms with van der Waals surface area (Å²) in [7, 11) is 0. The normalized spacial score (nSPS) is 10.8. The highest BCUT2D eigenvalue weighted by Gasteiger charge is 2.04. The molecular weight excluding hydrogens is 234 g/mol. The largest absolute Gasteiger partial charge is 0.417 e. The minimum atomic E-state index is -0.392. The third kappa shape index (κ3) is 1.54. The fraction of sp³-hybridized carbons (Fsp3) is 0.222. The standard InChI is InChI=1S/C9H8BrNO2/c10-5-4-6-2-1-3-7-8(6)11-9(12)13-7/h1-3H,4-5H2,(H,11,12). The van der Waals surface area contributed by atoms with Crippen LogP contribution < -0.4 is 5.76 Å². The molecule has 0 saturated carbocycles. The van der Waals surface area contributed by atoms with Crippen LogP contribution in [-0.4, -0.2) is 10.3 Å². The van der Waals surface area contributed by atoms with Crippen LogP contribution in [0.3, 0.4) is 0 Å². The van der Waals surface area contributed by atoms with Crippen LogP contribution in [0.4, 0.5) is 0 Å². The minimum absolute atomic E-state index is 0.392. The molecule has 0 saturated heterocycles. The second-order valence-electron chi connectivity index (χ2n) is 2.74. The number of H-pyrrole nitrogens is 1. The summed E-state index contributed by atoms with van der Waals surface area (Å²) in [4.78, 5) is 13.6. The number of hydrogen-bond acceptors (Lipinski definition) is 2. The van der Waals surface area contributed by atoms with Gasteiger partial charge in [-0.15, -0.1) is 0 Å². The Balaban J connectivity index is 2.67. The number of rotatable bonds is 2. The van der Waals surface area contributed by atoms with E-state index >= 15 is 0 Å². The Morgan fingerprint density at radius 3 is 3.08 bits per heavy atom. The minimum Gasteiger partial charge on any atom is -0.408 e. The zero-order valence-corrected chi connectivity index (χ0v) is 8.43. The van der Waals surface area contributed by atoms with E-state index < -0.39 is 5.76 Å². The number of fused-ring (bicyclic) bond motifs is 1. The van der Waals surface area contributed by atoms with Crippen molar-refractivity contribution in [2.45, 2.75) is 6.42 Å². The second kappa shape index (κ2) is 3.38. The van der Waals surface area contributed by atoms with Crippen molar-refractivity contribution in [3.8, 4) is 0 Å². The topological polar surface area (TPSA) is 46.0 Å². The number of hydrogen-bond donors (Lipinski definition) is 1. The van der Waals surface area contributed by atoms with Gasteiger partial charge in [0, 0.05) is 5.33 Å². The molecule has 3 nitrogen and oxygen atoms in total. The van der Waals surface area contributed by atoms with Gasteiger partial charge in [0.05, 0.1) is 5.52 Å². The van der Waals surface area contributed by atoms with E-state index in [0.29, 0.717) is 5.58 Å². The first-order valence-corrected chi connectivity index (χ1v) is 5.10. The van der Waals surface area contributed by atoms with Gasteiger partial charge in [0.15, 0.2) is 5.58 Å². The van der Waals surface area contributed by atoms with E-state index in [1.165, 1.54) is 0 Å². The number of halogens is 1. The Morgan fingerprint density at radius 2 is 2.31 bits per heavy atom. The number of aryl methyl sites for hydroxylation is 1. The zero-order chi connectivity index (χ0) is 9.26. The van der Waals surface area contributed by atoms with Crippen LogP contribution in [0.5, 0.6) is 0 Å². The highest BCUT2D eigenvalue weighted by molar-refractivity contribution is 9.09. The van der Waals surface area contributed by atoms with Gasteiger partial charge in [-0.25, -0.2) is 4.79 Å². The van der Waals surface area contributed by atoms with Crippen LogP contribution in [0.2, 0.25) is 0 Å². The molecule has 1 aromatic carbocycles. The lowest BCUT2D eigenvalue weighted by Gasteiger charge is -1.96. The second-order valence-corrected chi connectivity index (χ2v) is 3.54. The quantitative estimate of drug-likeness (QED) is 0.819. The SMILES string of the molecule is O=c1[nH]c2c(CCBr)cccc2o1. The van der Waals surface area contributed by atoms with Crippen LogP contribution in [0.15, 0.2) is 27.4 Å². The number of para-hydroxylation sites is 1. The summed E-state index contributed by atoms with van der Waals surface area (Å²) in [5.74, 6) is -0.392. The van der Waals surface area contributed by atoms with Crippen molar-refractivity contribution >= 4 is 27.0 Å². The maximum atomic E-state index is 10.9. The van der Waals surface area contributed by atoms with E-state index in [1.54, 1.807) is 6.07 Å². The summed E-state index contributed by atoms with van der Waals surface area (Å²) in [6, 6.07) is 5.65. The van der Waals surface area contributed by atoms with E-state index in [2.05, 4.69) is 20.9 Å². The van der Waals surface area contributed by atoms with Crippen molar-refractivity contribution in [3.05, 3.63) is 34.3 Å². The highest BCUT2D eigenvalue weighted by atomic mass is 79.9. The number of alkyl halides is 1. The Kier molecular flexibility index (Phi) is 2.22. The number of benzene rings is 1. The molecule has 2 aromatic rings. The molecule has 0 radical (unpaired) electrons. The Hall–Kier alpha value is -1.03. The fourth-order valence-corrected chi connectivity index (χ4v) is 1.77. The first-order chi connectivity index (χ1) is 6.31.